The van der Waals surface area contributed by atoms with Crippen LogP contribution in [0.2, 0.25) is 0 Å². The third-order valence-corrected chi connectivity index (χ3v) is 6.98. The lowest BCUT2D eigenvalue weighted by Gasteiger charge is -2.33. The molecule has 2 aromatic rings. The Bertz CT molecular complexity index is 1230. The van der Waals surface area contributed by atoms with E-state index < -0.39 is 39.9 Å². The quantitative estimate of drug-likeness (QED) is 0.550. The Balaban J connectivity index is 1.82. The first-order valence-electron chi connectivity index (χ1n) is 10.6. The number of amides is 4. The van der Waals surface area contributed by atoms with Gasteiger partial charge in [0.1, 0.15) is 11.6 Å². The highest BCUT2D eigenvalue weighted by molar-refractivity contribution is 7.91. The largest absolute Gasteiger partial charge is 0.497 e. The monoisotopic (exact) mass is 528 g/mol. The van der Waals surface area contributed by atoms with E-state index in [9.17, 15) is 36.0 Å². The van der Waals surface area contributed by atoms with Crippen LogP contribution in [0.1, 0.15) is 15.9 Å². The Morgan fingerprint density at radius 1 is 1.06 bits per heavy atom. The number of rotatable bonds is 6. The number of halogens is 3. The van der Waals surface area contributed by atoms with Crippen LogP contribution in [0, 0.1) is 5.82 Å². The van der Waals surface area contributed by atoms with Crippen molar-refractivity contribution in [3.05, 3.63) is 59.4 Å². The minimum atomic E-state index is -3.34. The molecule has 1 saturated heterocycles. The second-order valence-electron chi connectivity index (χ2n) is 7.76. The lowest BCUT2D eigenvalue weighted by atomic mass is 10.1. The van der Waals surface area contributed by atoms with Gasteiger partial charge in [0.2, 0.25) is 0 Å². The number of carbonyl (C=O) groups excluding carboxylic acids is 3. The van der Waals surface area contributed by atoms with Gasteiger partial charge in [-0.05, 0) is 36.4 Å². The number of alkyl halides is 2. The number of ether oxygens (including phenoxy) is 1. The maximum Gasteiger partial charge on any atom is 0.324 e. The number of anilines is 1. The van der Waals surface area contributed by atoms with E-state index in [4.69, 9.17) is 4.74 Å². The number of carbonyl (C=O) groups is 3. The molecule has 0 atom stereocenters. The first-order chi connectivity index (χ1) is 17.0. The summed E-state index contributed by atoms with van der Waals surface area (Å²) in [6.45, 7) is -0.288. The van der Waals surface area contributed by atoms with E-state index >= 15 is 0 Å². The van der Waals surface area contributed by atoms with Gasteiger partial charge in [0, 0.05) is 29.9 Å². The van der Waals surface area contributed by atoms with Gasteiger partial charge in [0.15, 0.2) is 9.84 Å². The molecule has 0 aromatic heterocycles. The molecule has 0 unspecified atom stereocenters. The summed E-state index contributed by atoms with van der Waals surface area (Å²) in [5.41, 5.74) is 3.43. The van der Waals surface area contributed by atoms with Crippen molar-refractivity contribution in [1.82, 2.24) is 15.8 Å². The SMILES string of the molecule is COc1ccc(N(Cc2ccc(C(=O)NNC(=O)C(F)F)cc2F)C(=O)N2CCS(=O)(=O)CC2)cc1. The molecular weight excluding hydrogens is 505 g/mol. The lowest BCUT2D eigenvalue weighted by Crippen LogP contribution is -2.49. The number of hydrogen-bond acceptors (Lipinski definition) is 6. The molecule has 194 valence electrons. The summed E-state index contributed by atoms with van der Waals surface area (Å²) >= 11 is 0. The lowest BCUT2D eigenvalue weighted by molar-refractivity contribution is -0.132. The number of nitrogens with zero attached hydrogens (tertiary/aromatic N) is 2. The molecule has 4 amide bonds. The number of urea groups is 1. The summed E-state index contributed by atoms with van der Waals surface area (Å²) in [4.78, 5) is 38.8. The molecule has 2 N–H and O–H groups in total. The van der Waals surface area contributed by atoms with Crippen molar-refractivity contribution in [1.29, 1.82) is 0 Å². The average molecular weight is 529 g/mol. The summed E-state index contributed by atoms with van der Waals surface area (Å²) in [6.07, 6.45) is -3.34. The van der Waals surface area contributed by atoms with Crippen LogP contribution in [0.5, 0.6) is 5.75 Å². The molecule has 0 bridgehead atoms. The highest BCUT2D eigenvalue weighted by Gasteiger charge is 2.29. The van der Waals surface area contributed by atoms with Crippen LogP contribution in [-0.2, 0) is 21.2 Å². The van der Waals surface area contributed by atoms with Gasteiger partial charge in [-0.1, -0.05) is 6.07 Å². The molecule has 1 fully saturated rings. The van der Waals surface area contributed by atoms with Crippen LogP contribution < -0.4 is 20.5 Å². The van der Waals surface area contributed by atoms with E-state index in [2.05, 4.69) is 0 Å². The Morgan fingerprint density at radius 2 is 1.69 bits per heavy atom. The zero-order chi connectivity index (χ0) is 26.5. The second kappa shape index (κ2) is 11.3. The Morgan fingerprint density at radius 3 is 2.25 bits per heavy atom. The Labute approximate surface area is 204 Å². The van der Waals surface area contributed by atoms with Crippen molar-refractivity contribution < 1.29 is 40.7 Å². The van der Waals surface area contributed by atoms with Gasteiger partial charge in [-0.3, -0.25) is 25.3 Å². The first kappa shape index (κ1) is 26.8. The van der Waals surface area contributed by atoms with Crippen molar-refractivity contribution in [2.45, 2.75) is 13.0 Å². The third kappa shape index (κ3) is 6.65. The number of hydrogen-bond donors (Lipinski definition) is 2. The van der Waals surface area contributed by atoms with Gasteiger partial charge in [0.05, 0.1) is 25.2 Å². The predicted molar refractivity (Wildman–Crippen MR) is 123 cm³/mol. The zero-order valence-corrected chi connectivity index (χ0v) is 19.9. The number of sulfone groups is 1. The van der Waals surface area contributed by atoms with Crippen LogP contribution >= 0.6 is 0 Å². The van der Waals surface area contributed by atoms with Crippen LogP contribution in [0.25, 0.3) is 0 Å². The topological polar surface area (TPSA) is 125 Å². The molecule has 0 saturated carbocycles. The Kier molecular flexibility index (Phi) is 8.40. The molecule has 1 aliphatic heterocycles. The molecule has 10 nitrogen and oxygen atoms in total. The van der Waals surface area contributed by atoms with Gasteiger partial charge >= 0.3 is 18.4 Å². The van der Waals surface area contributed by atoms with Crippen LogP contribution in [-0.4, -0.2) is 69.3 Å². The van der Waals surface area contributed by atoms with E-state index in [1.807, 2.05) is 0 Å². The third-order valence-electron chi connectivity index (χ3n) is 5.37. The average Bonchev–Trinajstić information content (AvgIpc) is 2.86. The molecule has 36 heavy (non-hydrogen) atoms. The molecule has 1 aliphatic rings. The maximum absolute atomic E-state index is 14.9. The fraction of sp³-hybridized carbons (Fsp3) is 0.318. The fourth-order valence-corrected chi connectivity index (χ4v) is 4.54. The van der Waals surface area contributed by atoms with Gasteiger partial charge < -0.3 is 9.64 Å². The molecule has 0 aliphatic carbocycles. The molecule has 0 radical (unpaired) electrons. The normalized spacial score (nSPS) is 14.8. The summed E-state index contributed by atoms with van der Waals surface area (Å²) in [7, 11) is -1.77. The van der Waals surface area contributed by atoms with Crippen molar-refractivity contribution in [3.8, 4) is 5.75 Å². The van der Waals surface area contributed by atoms with Gasteiger partial charge in [-0.15, -0.1) is 0 Å². The van der Waals surface area contributed by atoms with Crippen molar-refractivity contribution in [3.63, 3.8) is 0 Å². The predicted octanol–water partition coefficient (Wildman–Crippen LogP) is 1.72. The highest BCUT2D eigenvalue weighted by atomic mass is 32.2. The van der Waals surface area contributed by atoms with Gasteiger partial charge in [-0.25, -0.2) is 17.6 Å². The molecule has 2 aromatic carbocycles. The smallest absolute Gasteiger partial charge is 0.324 e. The van der Waals surface area contributed by atoms with Crippen LogP contribution in [0.4, 0.5) is 23.7 Å². The number of nitrogens with one attached hydrogen (secondary N) is 2. The second-order valence-corrected chi connectivity index (χ2v) is 10.1. The van der Waals surface area contributed by atoms with Crippen molar-refractivity contribution in [2.24, 2.45) is 0 Å². The summed E-state index contributed by atoms with van der Waals surface area (Å²) in [5, 5.41) is 0. The van der Waals surface area contributed by atoms with Gasteiger partial charge in [-0.2, -0.15) is 8.78 Å². The minimum absolute atomic E-state index is 0.0141. The molecule has 0 spiro atoms. The molecular formula is C22H23F3N4O6S. The van der Waals surface area contributed by atoms with Crippen molar-refractivity contribution >= 4 is 33.4 Å². The number of hydrazine groups is 1. The van der Waals surface area contributed by atoms with E-state index in [-0.39, 0.29) is 42.3 Å². The van der Waals surface area contributed by atoms with Crippen molar-refractivity contribution in [2.75, 3.05) is 36.6 Å². The van der Waals surface area contributed by atoms with E-state index in [1.54, 1.807) is 29.7 Å². The zero-order valence-electron chi connectivity index (χ0n) is 19.0. The van der Waals surface area contributed by atoms with E-state index in [0.29, 0.717) is 11.4 Å². The maximum atomic E-state index is 14.9. The Hall–Kier alpha value is -3.81. The standard InChI is InChI=1S/C22H23F3N4O6S/c1-35-17-6-4-16(5-7-17)29(22(32)28-8-10-36(33,34)11-9-28)13-15-3-2-14(12-18(15)23)20(30)26-27-21(31)19(24)25/h2-7,12,19H,8-11,13H2,1H3,(H,26,30)(H,27,31). The van der Waals surface area contributed by atoms with E-state index in [1.165, 1.54) is 34.5 Å². The molecule has 14 heteroatoms. The van der Waals surface area contributed by atoms with E-state index in [0.717, 1.165) is 6.07 Å². The highest BCUT2D eigenvalue weighted by Crippen LogP contribution is 2.24. The van der Waals surface area contributed by atoms with Crippen LogP contribution in [0.3, 0.4) is 0 Å². The summed E-state index contributed by atoms with van der Waals surface area (Å²) in [6, 6.07) is 9.12. The summed E-state index contributed by atoms with van der Waals surface area (Å²) in [5.74, 6) is -3.46. The number of benzene rings is 2. The summed E-state index contributed by atoms with van der Waals surface area (Å²) < 4.78 is 68.0. The first-order valence-corrected chi connectivity index (χ1v) is 12.4. The van der Waals surface area contributed by atoms with Crippen LogP contribution in [0.15, 0.2) is 42.5 Å². The molecule has 1 heterocycles. The minimum Gasteiger partial charge on any atom is -0.497 e. The number of methoxy groups -OCH3 is 1. The van der Waals surface area contributed by atoms with Gasteiger partial charge in [0.25, 0.3) is 5.91 Å². The molecule has 3 rings (SSSR count). The fourth-order valence-electron chi connectivity index (χ4n) is 3.34.